The fraction of sp³-hybridized carbons (Fsp3) is 0.286. The number of fused-ring (bicyclic) bond motifs is 1. The Labute approximate surface area is 69.9 Å². The highest BCUT2D eigenvalue weighted by atomic mass is 16.1. The maximum Gasteiger partial charge on any atom is 0.252 e. The molecule has 0 aromatic rings. The standard InChI is InChI=1S/C7H10N4O/c8-6(12)5-2-1-3-11-4-9-10-7(5)11/h1-2,9-10H,3-4H2,(H2,8,12). The van der Waals surface area contributed by atoms with E-state index in [1.807, 2.05) is 11.0 Å². The summed E-state index contributed by atoms with van der Waals surface area (Å²) in [7, 11) is 0. The summed E-state index contributed by atoms with van der Waals surface area (Å²) in [6, 6.07) is 0. The number of hydrogen-bond donors (Lipinski definition) is 3. The first-order chi connectivity index (χ1) is 5.79. The average molecular weight is 166 g/mol. The highest BCUT2D eigenvalue weighted by molar-refractivity contribution is 5.95. The highest BCUT2D eigenvalue weighted by Crippen LogP contribution is 2.15. The van der Waals surface area contributed by atoms with E-state index in [1.54, 1.807) is 6.08 Å². The fourth-order valence-corrected chi connectivity index (χ4v) is 1.35. The molecule has 0 aliphatic carbocycles. The number of amides is 1. The van der Waals surface area contributed by atoms with Gasteiger partial charge in [-0.3, -0.25) is 4.79 Å². The summed E-state index contributed by atoms with van der Waals surface area (Å²) in [5.74, 6) is 0.382. The molecule has 64 valence electrons. The van der Waals surface area contributed by atoms with Gasteiger partial charge in [0.25, 0.3) is 5.91 Å². The molecule has 0 bridgehead atoms. The molecule has 12 heavy (non-hydrogen) atoms. The first-order valence-corrected chi connectivity index (χ1v) is 3.73. The number of primary amides is 1. The molecule has 0 spiro atoms. The minimum Gasteiger partial charge on any atom is -0.365 e. The van der Waals surface area contributed by atoms with Crippen LogP contribution >= 0.6 is 0 Å². The van der Waals surface area contributed by atoms with Crippen molar-refractivity contribution in [3.05, 3.63) is 23.5 Å². The van der Waals surface area contributed by atoms with Crippen LogP contribution in [0.3, 0.4) is 0 Å². The van der Waals surface area contributed by atoms with E-state index in [0.717, 1.165) is 12.4 Å². The molecule has 0 aromatic heterocycles. The van der Waals surface area contributed by atoms with E-state index < -0.39 is 5.91 Å². The number of carbonyl (C=O) groups is 1. The molecule has 0 aromatic carbocycles. The molecule has 2 aliphatic heterocycles. The fourth-order valence-electron chi connectivity index (χ4n) is 1.35. The third-order valence-corrected chi connectivity index (χ3v) is 1.92. The van der Waals surface area contributed by atoms with Gasteiger partial charge in [0.05, 0.1) is 12.2 Å². The molecule has 0 unspecified atom stereocenters. The van der Waals surface area contributed by atoms with Gasteiger partial charge >= 0.3 is 0 Å². The monoisotopic (exact) mass is 166 g/mol. The van der Waals surface area contributed by atoms with E-state index in [-0.39, 0.29) is 0 Å². The van der Waals surface area contributed by atoms with Crippen LogP contribution in [0.1, 0.15) is 0 Å². The molecule has 0 saturated carbocycles. The van der Waals surface area contributed by atoms with E-state index in [9.17, 15) is 4.79 Å². The van der Waals surface area contributed by atoms with E-state index in [4.69, 9.17) is 5.73 Å². The van der Waals surface area contributed by atoms with Gasteiger partial charge in [-0.2, -0.15) is 0 Å². The molecule has 5 heteroatoms. The lowest BCUT2D eigenvalue weighted by molar-refractivity contribution is -0.114. The lowest BCUT2D eigenvalue weighted by Crippen LogP contribution is -2.29. The Balaban J connectivity index is 2.38. The predicted molar refractivity (Wildman–Crippen MR) is 43.2 cm³/mol. The lowest BCUT2D eigenvalue weighted by atomic mass is 10.2. The molecule has 2 aliphatic rings. The van der Waals surface area contributed by atoms with Crippen molar-refractivity contribution in [2.45, 2.75) is 0 Å². The number of nitrogens with zero attached hydrogens (tertiary/aromatic N) is 1. The maximum atomic E-state index is 10.9. The number of nitrogens with one attached hydrogen (secondary N) is 2. The first kappa shape index (κ1) is 7.17. The summed E-state index contributed by atoms with van der Waals surface area (Å²) in [6.07, 6.45) is 3.66. The van der Waals surface area contributed by atoms with Gasteiger partial charge in [-0.15, -0.1) is 0 Å². The van der Waals surface area contributed by atoms with Gasteiger partial charge in [0.1, 0.15) is 5.82 Å². The largest absolute Gasteiger partial charge is 0.365 e. The third kappa shape index (κ3) is 0.947. The second-order valence-corrected chi connectivity index (χ2v) is 2.71. The van der Waals surface area contributed by atoms with E-state index in [1.165, 1.54) is 0 Å². The number of nitrogens with two attached hydrogens (primary N) is 1. The van der Waals surface area contributed by atoms with Crippen molar-refractivity contribution in [2.75, 3.05) is 13.2 Å². The lowest BCUT2D eigenvalue weighted by Gasteiger charge is -2.20. The van der Waals surface area contributed by atoms with Crippen molar-refractivity contribution in [3.63, 3.8) is 0 Å². The summed E-state index contributed by atoms with van der Waals surface area (Å²) < 4.78 is 0. The topological polar surface area (TPSA) is 70.4 Å². The van der Waals surface area contributed by atoms with Gasteiger partial charge in [-0.05, 0) is 6.08 Å². The number of hydrazine groups is 1. The van der Waals surface area contributed by atoms with Crippen molar-refractivity contribution in [1.82, 2.24) is 15.8 Å². The molecule has 0 atom stereocenters. The average Bonchev–Trinajstić information content (AvgIpc) is 2.49. The van der Waals surface area contributed by atoms with E-state index in [0.29, 0.717) is 12.2 Å². The third-order valence-electron chi connectivity index (χ3n) is 1.92. The molecule has 5 nitrogen and oxygen atoms in total. The number of carbonyl (C=O) groups excluding carboxylic acids is 1. The van der Waals surface area contributed by atoms with E-state index in [2.05, 4.69) is 10.9 Å². The van der Waals surface area contributed by atoms with Crippen LogP contribution < -0.4 is 16.6 Å². The maximum absolute atomic E-state index is 10.9. The minimum atomic E-state index is -0.401. The minimum absolute atomic E-state index is 0.401. The second kappa shape index (κ2) is 2.53. The van der Waals surface area contributed by atoms with Gasteiger partial charge in [-0.1, -0.05) is 6.08 Å². The summed E-state index contributed by atoms with van der Waals surface area (Å²) in [6.45, 7) is 1.52. The van der Waals surface area contributed by atoms with Gasteiger partial charge in [0.15, 0.2) is 0 Å². The van der Waals surface area contributed by atoms with Crippen LogP contribution in [0.15, 0.2) is 23.5 Å². The zero-order chi connectivity index (χ0) is 8.55. The SMILES string of the molecule is NC(=O)C1=C2NNCN2CC=C1. The molecule has 1 amide bonds. The van der Waals surface area contributed by atoms with Crippen molar-refractivity contribution in [1.29, 1.82) is 0 Å². The summed E-state index contributed by atoms with van der Waals surface area (Å²) >= 11 is 0. The van der Waals surface area contributed by atoms with Gasteiger partial charge in [0, 0.05) is 6.54 Å². The Hall–Kier alpha value is -1.49. The van der Waals surface area contributed by atoms with Crippen LogP contribution in [0.2, 0.25) is 0 Å². The Bertz CT molecular complexity index is 281. The van der Waals surface area contributed by atoms with Crippen molar-refractivity contribution < 1.29 is 4.79 Å². The molecular weight excluding hydrogens is 156 g/mol. The zero-order valence-electron chi connectivity index (χ0n) is 6.50. The van der Waals surface area contributed by atoms with E-state index >= 15 is 0 Å². The number of hydrogen-bond acceptors (Lipinski definition) is 4. The van der Waals surface area contributed by atoms with Crippen molar-refractivity contribution >= 4 is 5.91 Å². The highest BCUT2D eigenvalue weighted by Gasteiger charge is 2.23. The van der Waals surface area contributed by atoms with Crippen LogP contribution in [0, 0.1) is 0 Å². The Kier molecular flexibility index (Phi) is 1.51. The smallest absolute Gasteiger partial charge is 0.252 e. The Morgan fingerprint density at radius 3 is 3.25 bits per heavy atom. The summed E-state index contributed by atoms with van der Waals surface area (Å²) in [4.78, 5) is 12.9. The number of rotatable bonds is 1. The second-order valence-electron chi connectivity index (χ2n) is 2.71. The van der Waals surface area contributed by atoms with Crippen LogP contribution in [0.4, 0.5) is 0 Å². The van der Waals surface area contributed by atoms with Crippen molar-refractivity contribution in [2.24, 2.45) is 5.73 Å². The molecule has 2 heterocycles. The van der Waals surface area contributed by atoms with Crippen LogP contribution in [-0.4, -0.2) is 24.0 Å². The summed E-state index contributed by atoms with van der Waals surface area (Å²) in [5.41, 5.74) is 11.5. The predicted octanol–water partition coefficient (Wildman–Crippen LogP) is -1.38. The molecular formula is C7H10N4O. The quantitative estimate of drug-likeness (QED) is 0.449. The first-order valence-electron chi connectivity index (χ1n) is 3.73. The van der Waals surface area contributed by atoms with Gasteiger partial charge in [-0.25, -0.2) is 5.43 Å². The van der Waals surface area contributed by atoms with Gasteiger partial charge in [0.2, 0.25) is 0 Å². The zero-order valence-corrected chi connectivity index (χ0v) is 6.50. The molecule has 1 saturated heterocycles. The van der Waals surface area contributed by atoms with Crippen molar-refractivity contribution in [3.8, 4) is 0 Å². The Morgan fingerprint density at radius 1 is 1.67 bits per heavy atom. The van der Waals surface area contributed by atoms with Crippen LogP contribution in [0.25, 0.3) is 0 Å². The summed E-state index contributed by atoms with van der Waals surface area (Å²) in [5, 5.41) is 0. The molecule has 2 rings (SSSR count). The molecule has 1 fully saturated rings. The molecule has 4 N–H and O–H groups in total. The normalized spacial score (nSPS) is 20.8. The van der Waals surface area contributed by atoms with Gasteiger partial charge < -0.3 is 16.1 Å². The van der Waals surface area contributed by atoms with Crippen LogP contribution in [0.5, 0.6) is 0 Å². The molecule has 0 radical (unpaired) electrons. The Morgan fingerprint density at radius 2 is 2.50 bits per heavy atom. The van der Waals surface area contributed by atoms with Crippen LogP contribution in [-0.2, 0) is 4.79 Å².